The Morgan fingerprint density at radius 1 is 1.29 bits per heavy atom. The fraction of sp³-hybridized carbons (Fsp3) is 0.833. The first kappa shape index (κ1) is 14.1. The zero-order chi connectivity index (χ0) is 10.8. The van der Waals surface area contributed by atoms with Crippen molar-refractivity contribution in [3.63, 3.8) is 0 Å². The van der Waals surface area contributed by atoms with Gasteiger partial charge in [-0.25, -0.2) is 0 Å². The molecule has 0 saturated carbocycles. The number of rotatable bonds is 9. The largest absolute Gasteiger partial charge is 0.313 e. The molecule has 1 nitrogen and oxygen atoms in total. The summed E-state index contributed by atoms with van der Waals surface area (Å²) in [5.41, 5.74) is 0. The molecule has 0 rings (SSSR count). The molecule has 1 unspecified atom stereocenters. The van der Waals surface area contributed by atoms with Crippen LogP contribution < -0.4 is 5.32 Å². The quantitative estimate of drug-likeness (QED) is 0.468. The number of nitrogens with one attached hydrogen (secondary N) is 1. The van der Waals surface area contributed by atoms with Gasteiger partial charge in [-0.15, -0.1) is 6.58 Å². The van der Waals surface area contributed by atoms with Crippen molar-refractivity contribution in [2.75, 3.05) is 18.1 Å². The fourth-order valence-corrected chi connectivity index (χ4v) is 1.83. The van der Waals surface area contributed by atoms with Crippen LogP contribution in [0.25, 0.3) is 0 Å². The highest BCUT2D eigenvalue weighted by Crippen LogP contribution is 2.06. The van der Waals surface area contributed by atoms with Gasteiger partial charge in [-0.1, -0.05) is 19.9 Å². The molecule has 84 valence electrons. The van der Waals surface area contributed by atoms with Crippen LogP contribution in [-0.2, 0) is 0 Å². The molecule has 1 N–H and O–H groups in total. The van der Waals surface area contributed by atoms with E-state index in [0.717, 1.165) is 18.2 Å². The molecule has 1 atom stereocenters. The molecular weight excluding hydrogens is 190 g/mol. The Hall–Kier alpha value is 0.0500. The minimum atomic E-state index is 0.668. The van der Waals surface area contributed by atoms with Crippen molar-refractivity contribution in [2.45, 2.75) is 39.7 Å². The van der Waals surface area contributed by atoms with E-state index in [2.05, 4.69) is 32.7 Å². The molecule has 0 aromatic carbocycles. The maximum absolute atomic E-state index is 3.70. The van der Waals surface area contributed by atoms with Gasteiger partial charge in [0.1, 0.15) is 0 Å². The van der Waals surface area contributed by atoms with Gasteiger partial charge in [0.25, 0.3) is 0 Å². The molecule has 0 fully saturated rings. The van der Waals surface area contributed by atoms with E-state index in [1.54, 1.807) is 0 Å². The van der Waals surface area contributed by atoms with Crippen LogP contribution in [0.2, 0.25) is 0 Å². The van der Waals surface area contributed by atoms with Crippen molar-refractivity contribution in [3.05, 3.63) is 12.7 Å². The van der Waals surface area contributed by atoms with Gasteiger partial charge in [-0.05, 0) is 25.7 Å². The van der Waals surface area contributed by atoms with Gasteiger partial charge in [0.2, 0.25) is 0 Å². The van der Waals surface area contributed by atoms with Gasteiger partial charge in [-0.3, -0.25) is 0 Å². The molecule has 0 bridgehead atoms. The first-order chi connectivity index (χ1) is 6.66. The molecule has 0 heterocycles. The molecule has 0 amide bonds. The topological polar surface area (TPSA) is 12.0 Å². The lowest BCUT2D eigenvalue weighted by atomic mass is 10.0. The van der Waals surface area contributed by atoms with Crippen LogP contribution >= 0.6 is 11.8 Å². The lowest BCUT2D eigenvalue weighted by Gasteiger charge is -2.14. The van der Waals surface area contributed by atoms with Gasteiger partial charge in [0.15, 0.2) is 0 Å². The molecule has 0 radical (unpaired) electrons. The lowest BCUT2D eigenvalue weighted by Crippen LogP contribution is -2.28. The Morgan fingerprint density at radius 2 is 2.00 bits per heavy atom. The van der Waals surface area contributed by atoms with Crippen LogP contribution in [0.5, 0.6) is 0 Å². The highest BCUT2D eigenvalue weighted by atomic mass is 32.2. The highest BCUT2D eigenvalue weighted by molar-refractivity contribution is 7.99. The number of thioether (sulfide) groups is 1. The minimum absolute atomic E-state index is 0.668. The summed E-state index contributed by atoms with van der Waals surface area (Å²) in [6.07, 6.45) is 4.59. The number of hydrogen-bond acceptors (Lipinski definition) is 2. The van der Waals surface area contributed by atoms with Crippen LogP contribution in [0.1, 0.15) is 33.6 Å². The summed E-state index contributed by atoms with van der Waals surface area (Å²) >= 11 is 1.94. The first-order valence-electron chi connectivity index (χ1n) is 5.58. The Kier molecular flexibility index (Phi) is 9.63. The summed E-state index contributed by atoms with van der Waals surface area (Å²) in [7, 11) is 0. The van der Waals surface area contributed by atoms with Crippen molar-refractivity contribution in [2.24, 2.45) is 5.92 Å². The summed E-state index contributed by atoms with van der Waals surface area (Å²) in [4.78, 5) is 0. The maximum atomic E-state index is 3.70. The zero-order valence-corrected chi connectivity index (χ0v) is 10.7. The molecule has 0 aliphatic carbocycles. The first-order valence-corrected chi connectivity index (χ1v) is 6.74. The van der Waals surface area contributed by atoms with Gasteiger partial charge in [0, 0.05) is 24.1 Å². The van der Waals surface area contributed by atoms with E-state index < -0.39 is 0 Å². The molecule has 14 heavy (non-hydrogen) atoms. The monoisotopic (exact) mass is 215 g/mol. The molecule has 0 aromatic rings. The van der Waals surface area contributed by atoms with E-state index in [9.17, 15) is 0 Å². The van der Waals surface area contributed by atoms with Gasteiger partial charge >= 0.3 is 0 Å². The van der Waals surface area contributed by atoms with Gasteiger partial charge in [-0.2, -0.15) is 11.8 Å². The highest BCUT2D eigenvalue weighted by Gasteiger charge is 2.01. The molecule has 2 heteroatoms. The summed E-state index contributed by atoms with van der Waals surface area (Å²) in [5, 5.41) is 3.54. The molecule has 0 aromatic heterocycles. The Bertz CT molecular complexity index is 134. The average molecular weight is 215 g/mol. The van der Waals surface area contributed by atoms with Crippen LogP contribution in [-0.4, -0.2) is 24.1 Å². The van der Waals surface area contributed by atoms with Crippen LogP contribution in [0.4, 0.5) is 0 Å². The van der Waals surface area contributed by atoms with E-state index >= 15 is 0 Å². The Morgan fingerprint density at radius 3 is 2.57 bits per heavy atom. The lowest BCUT2D eigenvalue weighted by molar-refractivity contribution is 0.460. The van der Waals surface area contributed by atoms with Crippen molar-refractivity contribution in [1.29, 1.82) is 0 Å². The molecule has 0 aliphatic rings. The van der Waals surface area contributed by atoms with Crippen molar-refractivity contribution >= 4 is 11.8 Å². The second kappa shape index (κ2) is 9.60. The normalized spacial score (nSPS) is 13.1. The molecule has 0 aliphatic heterocycles. The smallest absolute Gasteiger partial charge is 0.0111 e. The summed E-state index contributed by atoms with van der Waals surface area (Å²) in [6, 6.07) is 0.668. The predicted molar refractivity (Wildman–Crippen MR) is 69.1 cm³/mol. The van der Waals surface area contributed by atoms with Gasteiger partial charge in [0.05, 0.1) is 0 Å². The van der Waals surface area contributed by atoms with Crippen molar-refractivity contribution in [3.8, 4) is 0 Å². The minimum Gasteiger partial charge on any atom is -0.313 e. The summed E-state index contributed by atoms with van der Waals surface area (Å²) < 4.78 is 0. The predicted octanol–water partition coefficient (Wildman–Crippen LogP) is 3.32. The standard InChI is InChI=1S/C12H25NS/c1-5-9-14-10-8-13-12(4)7-6-11(2)3/h5,11-13H,1,6-10H2,2-4H3. The third-order valence-electron chi connectivity index (χ3n) is 2.15. The van der Waals surface area contributed by atoms with Crippen LogP contribution in [0.15, 0.2) is 12.7 Å². The van der Waals surface area contributed by atoms with E-state index in [0.29, 0.717) is 6.04 Å². The summed E-state index contributed by atoms with van der Waals surface area (Å²) in [5.74, 6) is 3.09. The maximum Gasteiger partial charge on any atom is 0.0111 e. The van der Waals surface area contributed by atoms with Gasteiger partial charge < -0.3 is 5.32 Å². The van der Waals surface area contributed by atoms with Crippen molar-refractivity contribution < 1.29 is 0 Å². The molecule has 0 saturated heterocycles. The second-order valence-corrected chi connectivity index (χ2v) is 5.34. The molecular formula is C12H25NS. The Balaban J connectivity index is 3.17. The van der Waals surface area contributed by atoms with Crippen molar-refractivity contribution in [1.82, 2.24) is 5.32 Å². The fourth-order valence-electron chi connectivity index (χ4n) is 1.23. The van der Waals surface area contributed by atoms with E-state index in [1.165, 1.54) is 18.6 Å². The van der Waals surface area contributed by atoms with E-state index in [4.69, 9.17) is 0 Å². The second-order valence-electron chi connectivity index (χ2n) is 4.19. The third kappa shape index (κ3) is 10.1. The Labute approximate surface area is 93.7 Å². The zero-order valence-electron chi connectivity index (χ0n) is 9.88. The van der Waals surface area contributed by atoms with Crippen LogP contribution in [0.3, 0.4) is 0 Å². The average Bonchev–Trinajstić information content (AvgIpc) is 2.14. The summed E-state index contributed by atoms with van der Waals surface area (Å²) in [6.45, 7) is 11.7. The SMILES string of the molecule is C=CCSCCNC(C)CCC(C)C. The van der Waals surface area contributed by atoms with Crippen LogP contribution in [0, 0.1) is 5.92 Å². The van der Waals surface area contributed by atoms with E-state index in [1.807, 2.05) is 17.8 Å². The van der Waals surface area contributed by atoms with E-state index in [-0.39, 0.29) is 0 Å². The molecule has 0 spiro atoms. The number of hydrogen-bond donors (Lipinski definition) is 1. The third-order valence-corrected chi connectivity index (χ3v) is 3.12.